The summed E-state index contributed by atoms with van der Waals surface area (Å²) in [6, 6.07) is 17.3. The van der Waals surface area contributed by atoms with Crippen LogP contribution in [0, 0.1) is 5.41 Å². The third-order valence-corrected chi connectivity index (χ3v) is 6.78. The standard InChI is InChI=1S/C31H34Cl3NO11/c1-4-16-40-30(38)45-25-24(42-17-20-12-8-6-9-13-20)22(18-41-19(3)36)43-28(46-29(35)31(32,33)34)26(25)44-23(27(37)39-5-2)21-14-10-7-11-15-21/h4,6-15,22-26,28,35H,1,5,16-18H2,2-3H3/t22-,23-,24-,25+,26-,28-/m1/s1. The Morgan fingerprint density at radius 3 is 2.20 bits per heavy atom. The molecule has 2 aromatic carbocycles. The molecule has 0 unspecified atom stereocenters. The van der Waals surface area contributed by atoms with Crippen molar-refractivity contribution in [3.63, 3.8) is 0 Å². The lowest BCUT2D eigenvalue weighted by molar-refractivity contribution is -0.308. The van der Waals surface area contributed by atoms with E-state index < -0.39 is 71.2 Å². The SMILES string of the molecule is C=CCOC(=O)O[C@@H]1[C@@H](O[C@@H](C(=O)OCC)c2ccccc2)[C@@H](OC(=N)C(Cl)(Cl)Cl)O[C@H](COC(C)=O)[C@H]1OCc1ccccc1. The van der Waals surface area contributed by atoms with E-state index in [4.69, 9.17) is 78.1 Å². The minimum atomic E-state index is -2.35. The molecule has 46 heavy (non-hydrogen) atoms. The number of ether oxygens (including phenoxy) is 8. The van der Waals surface area contributed by atoms with E-state index in [1.165, 1.54) is 13.0 Å². The fraction of sp³-hybridized carbons (Fsp3) is 0.419. The van der Waals surface area contributed by atoms with Gasteiger partial charge in [0.1, 0.15) is 25.4 Å². The van der Waals surface area contributed by atoms with Gasteiger partial charge < -0.3 is 37.9 Å². The molecule has 3 rings (SSSR count). The summed E-state index contributed by atoms with van der Waals surface area (Å²) >= 11 is 17.7. The molecule has 1 aliphatic rings. The van der Waals surface area contributed by atoms with E-state index in [9.17, 15) is 14.4 Å². The molecule has 0 radical (unpaired) electrons. The van der Waals surface area contributed by atoms with E-state index in [-0.39, 0.29) is 19.8 Å². The van der Waals surface area contributed by atoms with Gasteiger partial charge in [0, 0.05) is 6.92 Å². The van der Waals surface area contributed by atoms with Gasteiger partial charge >= 0.3 is 18.1 Å². The van der Waals surface area contributed by atoms with Gasteiger partial charge in [-0.1, -0.05) is 108 Å². The molecule has 0 saturated carbocycles. The second-order valence-electron chi connectivity index (χ2n) is 9.63. The maximum absolute atomic E-state index is 13.2. The maximum atomic E-state index is 13.2. The van der Waals surface area contributed by atoms with Gasteiger partial charge in [-0.15, -0.1) is 0 Å². The van der Waals surface area contributed by atoms with Gasteiger partial charge in [-0.25, -0.2) is 9.59 Å². The van der Waals surface area contributed by atoms with E-state index in [2.05, 4.69) is 6.58 Å². The first-order valence-corrected chi connectivity index (χ1v) is 15.2. The van der Waals surface area contributed by atoms with Crippen LogP contribution in [0.4, 0.5) is 4.79 Å². The number of halogens is 3. The molecule has 1 fully saturated rings. The van der Waals surface area contributed by atoms with E-state index in [0.29, 0.717) is 5.56 Å². The van der Waals surface area contributed by atoms with Crippen LogP contribution in [0.3, 0.4) is 0 Å². The van der Waals surface area contributed by atoms with Gasteiger partial charge in [-0.3, -0.25) is 10.2 Å². The Hall–Kier alpha value is -3.39. The lowest BCUT2D eigenvalue weighted by Gasteiger charge is -2.45. The van der Waals surface area contributed by atoms with Gasteiger partial charge in [0.2, 0.25) is 12.2 Å². The van der Waals surface area contributed by atoms with Crippen molar-refractivity contribution in [1.29, 1.82) is 5.41 Å². The number of hydrogen-bond acceptors (Lipinski definition) is 12. The lowest BCUT2D eigenvalue weighted by Crippen LogP contribution is -2.63. The van der Waals surface area contributed by atoms with Gasteiger partial charge in [-0.2, -0.15) is 0 Å². The fourth-order valence-corrected chi connectivity index (χ4v) is 4.42. The highest BCUT2D eigenvalue weighted by atomic mass is 35.6. The van der Waals surface area contributed by atoms with E-state index in [1.807, 2.05) is 6.07 Å². The Bertz CT molecular complexity index is 1310. The zero-order chi connectivity index (χ0) is 33.7. The predicted octanol–water partition coefficient (Wildman–Crippen LogP) is 5.62. The molecule has 0 amide bonds. The van der Waals surface area contributed by atoms with Gasteiger partial charge in [0.15, 0.2) is 18.3 Å². The Morgan fingerprint density at radius 1 is 0.957 bits per heavy atom. The van der Waals surface area contributed by atoms with Crippen LogP contribution >= 0.6 is 34.8 Å². The van der Waals surface area contributed by atoms with Crippen LogP contribution in [0.2, 0.25) is 0 Å². The lowest BCUT2D eigenvalue weighted by atomic mass is 9.97. The highest BCUT2D eigenvalue weighted by Gasteiger charge is 2.54. The second kappa shape index (κ2) is 18.1. The predicted molar refractivity (Wildman–Crippen MR) is 167 cm³/mol. The number of hydrogen-bond donors (Lipinski definition) is 1. The summed E-state index contributed by atoms with van der Waals surface area (Å²) in [4.78, 5) is 38.0. The molecule has 0 bridgehead atoms. The summed E-state index contributed by atoms with van der Waals surface area (Å²) < 4.78 is 43.2. The first-order valence-electron chi connectivity index (χ1n) is 14.0. The molecule has 1 N–H and O–H groups in total. The zero-order valence-corrected chi connectivity index (χ0v) is 27.2. The maximum Gasteiger partial charge on any atom is 0.509 e. The first-order chi connectivity index (χ1) is 21.9. The third-order valence-electron chi connectivity index (χ3n) is 6.27. The molecule has 1 saturated heterocycles. The Kier molecular flexibility index (Phi) is 14.6. The molecule has 12 nitrogen and oxygen atoms in total. The number of carbonyl (C=O) groups excluding carboxylic acids is 3. The van der Waals surface area contributed by atoms with Crippen molar-refractivity contribution in [3.05, 3.63) is 84.4 Å². The molecule has 2 aromatic rings. The quantitative estimate of drug-likeness (QED) is 0.0653. The fourth-order valence-electron chi connectivity index (χ4n) is 4.28. The topological polar surface area (TPSA) is 149 Å². The summed E-state index contributed by atoms with van der Waals surface area (Å²) in [5.41, 5.74) is 1.11. The van der Waals surface area contributed by atoms with Crippen molar-refractivity contribution in [2.75, 3.05) is 19.8 Å². The molecule has 0 aliphatic carbocycles. The molecule has 6 atom stereocenters. The number of esters is 2. The van der Waals surface area contributed by atoms with Gasteiger partial charge in [-0.05, 0) is 18.1 Å². The number of alkyl halides is 3. The van der Waals surface area contributed by atoms with Gasteiger partial charge in [0.25, 0.3) is 3.79 Å². The van der Waals surface area contributed by atoms with Crippen molar-refractivity contribution in [2.45, 2.75) is 61.1 Å². The van der Waals surface area contributed by atoms with Crippen LogP contribution in [-0.2, 0) is 54.1 Å². The second-order valence-corrected chi connectivity index (χ2v) is 11.9. The van der Waals surface area contributed by atoms with Gasteiger partial charge in [0.05, 0.1) is 13.2 Å². The van der Waals surface area contributed by atoms with Crippen LogP contribution in [-0.4, -0.2) is 78.3 Å². The van der Waals surface area contributed by atoms with Crippen molar-refractivity contribution in [2.24, 2.45) is 0 Å². The third kappa shape index (κ3) is 11.1. The van der Waals surface area contributed by atoms with E-state index in [1.54, 1.807) is 61.5 Å². The number of benzene rings is 2. The number of nitrogens with one attached hydrogen (secondary N) is 1. The molecule has 15 heteroatoms. The van der Waals surface area contributed by atoms with Crippen molar-refractivity contribution in [3.8, 4) is 0 Å². The molecular formula is C31H34Cl3NO11. The van der Waals surface area contributed by atoms with E-state index in [0.717, 1.165) is 5.56 Å². The van der Waals surface area contributed by atoms with Crippen molar-refractivity contribution >= 4 is 58.8 Å². The monoisotopic (exact) mass is 701 g/mol. The molecular weight excluding hydrogens is 669 g/mol. The highest BCUT2D eigenvalue weighted by Crippen LogP contribution is 2.36. The summed E-state index contributed by atoms with van der Waals surface area (Å²) in [5.74, 6) is -2.32. The zero-order valence-electron chi connectivity index (χ0n) is 25.0. The van der Waals surface area contributed by atoms with Crippen molar-refractivity contribution < 1.29 is 52.3 Å². The number of rotatable bonds is 14. The smallest absolute Gasteiger partial charge is 0.464 e. The summed E-state index contributed by atoms with van der Waals surface area (Å²) in [6.07, 6.45) is -8.44. The molecule has 0 aromatic heterocycles. The summed E-state index contributed by atoms with van der Waals surface area (Å²) in [5, 5.41) is 8.24. The average molecular weight is 703 g/mol. The minimum Gasteiger partial charge on any atom is -0.464 e. The number of carbonyl (C=O) groups is 3. The van der Waals surface area contributed by atoms with Crippen LogP contribution < -0.4 is 0 Å². The van der Waals surface area contributed by atoms with Crippen molar-refractivity contribution in [1.82, 2.24) is 0 Å². The van der Waals surface area contributed by atoms with Crippen LogP contribution in [0.1, 0.15) is 31.1 Å². The minimum absolute atomic E-state index is 0.0186. The summed E-state index contributed by atoms with van der Waals surface area (Å²) in [6.45, 7) is 5.71. The molecule has 1 aliphatic heterocycles. The van der Waals surface area contributed by atoms with Crippen LogP contribution in [0.15, 0.2) is 73.3 Å². The molecule has 0 spiro atoms. The molecule has 1 heterocycles. The Labute approximate surface area is 281 Å². The Morgan fingerprint density at radius 2 is 1.61 bits per heavy atom. The molecule has 250 valence electrons. The van der Waals surface area contributed by atoms with Crippen LogP contribution in [0.25, 0.3) is 0 Å². The average Bonchev–Trinajstić information content (AvgIpc) is 3.02. The summed E-state index contributed by atoms with van der Waals surface area (Å²) in [7, 11) is 0. The Balaban J connectivity index is 2.14. The van der Waals surface area contributed by atoms with Crippen LogP contribution in [0.5, 0.6) is 0 Å². The highest BCUT2D eigenvalue weighted by molar-refractivity contribution is 6.76. The largest absolute Gasteiger partial charge is 0.509 e. The van der Waals surface area contributed by atoms with E-state index >= 15 is 0 Å². The first kappa shape index (κ1) is 37.1. The normalized spacial score (nSPS) is 21.7.